The summed E-state index contributed by atoms with van der Waals surface area (Å²) in [5.74, 6) is 3.59. The van der Waals surface area contributed by atoms with Gasteiger partial charge in [-0.25, -0.2) is 0 Å². The number of benzene rings is 1. The molecule has 0 radical (unpaired) electrons. The van der Waals surface area contributed by atoms with Gasteiger partial charge in [-0.3, -0.25) is 4.79 Å². The first-order chi connectivity index (χ1) is 9.29. The van der Waals surface area contributed by atoms with Crippen molar-refractivity contribution in [2.45, 2.75) is 11.7 Å². The van der Waals surface area contributed by atoms with Crippen LogP contribution < -0.4 is 11.1 Å². The normalized spacial score (nSPS) is 19.1. The molecule has 0 bridgehead atoms. The van der Waals surface area contributed by atoms with E-state index in [9.17, 15) is 4.79 Å². The predicted octanol–water partition coefficient (Wildman–Crippen LogP) is 1.77. The van der Waals surface area contributed by atoms with Crippen LogP contribution in [0.4, 0.5) is 0 Å². The van der Waals surface area contributed by atoms with E-state index in [0.717, 1.165) is 24.3 Å². The van der Waals surface area contributed by atoms with Crippen molar-refractivity contribution in [2.24, 2.45) is 5.73 Å². The van der Waals surface area contributed by atoms with Crippen LogP contribution in [0, 0.1) is 0 Å². The van der Waals surface area contributed by atoms with Gasteiger partial charge < -0.3 is 11.1 Å². The largest absolute Gasteiger partial charge is 0.351 e. The predicted molar refractivity (Wildman–Crippen MR) is 85.1 cm³/mol. The van der Waals surface area contributed by atoms with E-state index in [-0.39, 0.29) is 5.91 Å². The molecule has 1 saturated heterocycles. The Hall–Kier alpha value is -0.650. The van der Waals surface area contributed by atoms with Crippen LogP contribution >= 0.6 is 23.5 Å². The van der Waals surface area contributed by atoms with Gasteiger partial charge in [0.05, 0.1) is 0 Å². The van der Waals surface area contributed by atoms with E-state index in [0.29, 0.717) is 11.8 Å². The second-order valence-electron chi connectivity index (χ2n) is 4.51. The van der Waals surface area contributed by atoms with Crippen LogP contribution in [0.3, 0.4) is 0 Å². The Balaban J connectivity index is 1.81. The molecule has 0 aromatic heterocycles. The number of hydrogen-bond donors (Lipinski definition) is 2. The van der Waals surface area contributed by atoms with Gasteiger partial charge in [0.15, 0.2) is 0 Å². The van der Waals surface area contributed by atoms with Crippen molar-refractivity contribution < 1.29 is 4.79 Å². The third kappa shape index (κ3) is 4.75. The molecule has 3 N–H and O–H groups in total. The maximum atomic E-state index is 12.0. The van der Waals surface area contributed by atoms with Crippen molar-refractivity contribution in [3.05, 3.63) is 35.4 Å². The number of carbonyl (C=O) groups excluding carboxylic acids is 1. The van der Waals surface area contributed by atoms with Crippen LogP contribution in [0.15, 0.2) is 24.3 Å². The molecule has 3 nitrogen and oxygen atoms in total. The molecule has 104 valence electrons. The molecule has 1 aromatic carbocycles. The SMILES string of the molecule is NCCc1ccc(C(=O)NCC2CSCCS2)cc1. The summed E-state index contributed by atoms with van der Waals surface area (Å²) in [6, 6.07) is 7.71. The van der Waals surface area contributed by atoms with Gasteiger partial charge in [0.1, 0.15) is 0 Å². The minimum absolute atomic E-state index is 0.0236. The lowest BCUT2D eigenvalue weighted by Gasteiger charge is -2.21. The fraction of sp³-hybridized carbons (Fsp3) is 0.500. The van der Waals surface area contributed by atoms with Crippen molar-refractivity contribution >= 4 is 29.4 Å². The number of nitrogens with two attached hydrogens (primary N) is 1. The third-order valence-corrected chi connectivity index (χ3v) is 5.87. The Morgan fingerprint density at radius 2 is 2.11 bits per heavy atom. The lowest BCUT2D eigenvalue weighted by atomic mass is 10.1. The molecule has 1 aliphatic heterocycles. The van der Waals surface area contributed by atoms with Crippen molar-refractivity contribution in [2.75, 3.05) is 30.3 Å². The van der Waals surface area contributed by atoms with E-state index in [1.807, 2.05) is 47.8 Å². The van der Waals surface area contributed by atoms with Gasteiger partial charge in [0.2, 0.25) is 0 Å². The maximum absolute atomic E-state index is 12.0. The van der Waals surface area contributed by atoms with Crippen LogP contribution in [0.2, 0.25) is 0 Å². The highest BCUT2D eigenvalue weighted by Gasteiger charge is 2.15. The van der Waals surface area contributed by atoms with Crippen molar-refractivity contribution in [1.29, 1.82) is 0 Å². The van der Waals surface area contributed by atoms with Crippen LogP contribution in [-0.4, -0.2) is 41.5 Å². The van der Waals surface area contributed by atoms with E-state index in [1.165, 1.54) is 17.1 Å². The fourth-order valence-corrected chi connectivity index (χ4v) is 4.56. The Kier molecular flexibility index (Phi) is 6.07. The highest BCUT2D eigenvalue weighted by atomic mass is 32.2. The zero-order valence-electron chi connectivity index (χ0n) is 10.9. The number of nitrogens with one attached hydrogen (secondary N) is 1. The molecule has 1 aliphatic rings. The molecular formula is C14H20N2OS2. The van der Waals surface area contributed by atoms with Gasteiger partial charge in [0.25, 0.3) is 5.91 Å². The van der Waals surface area contributed by atoms with Gasteiger partial charge in [-0.15, -0.1) is 0 Å². The first-order valence-corrected chi connectivity index (χ1v) is 8.76. The van der Waals surface area contributed by atoms with Crippen LogP contribution in [-0.2, 0) is 6.42 Å². The quantitative estimate of drug-likeness (QED) is 0.869. The lowest BCUT2D eigenvalue weighted by molar-refractivity contribution is 0.0954. The van der Waals surface area contributed by atoms with Crippen molar-refractivity contribution in [3.8, 4) is 0 Å². The number of hydrogen-bond acceptors (Lipinski definition) is 4. The Morgan fingerprint density at radius 1 is 1.32 bits per heavy atom. The molecular weight excluding hydrogens is 276 g/mol. The van der Waals surface area contributed by atoms with Gasteiger partial charge in [-0.05, 0) is 30.7 Å². The Morgan fingerprint density at radius 3 is 2.74 bits per heavy atom. The zero-order valence-corrected chi connectivity index (χ0v) is 12.6. The van der Waals surface area contributed by atoms with E-state index in [2.05, 4.69) is 5.32 Å². The molecule has 1 fully saturated rings. The molecule has 0 saturated carbocycles. The van der Waals surface area contributed by atoms with E-state index in [1.54, 1.807) is 0 Å². The van der Waals surface area contributed by atoms with Crippen LogP contribution in [0.1, 0.15) is 15.9 Å². The maximum Gasteiger partial charge on any atom is 0.251 e. The Bertz CT molecular complexity index is 402. The summed E-state index contributed by atoms with van der Waals surface area (Å²) in [5, 5.41) is 3.58. The molecule has 5 heteroatoms. The molecule has 1 heterocycles. The average Bonchev–Trinajstić information content (AvgIpc) is 2.47. The molecule has 19 heavy (non-hydrogen) atoms. The summed E-state index contributed by atoms with van der Waals surface area (Å²) in [6.45, 7) is 1.41. The Labute approximate surface area is 123 Å². The number of rotatable bonds is 5. The third-order valence-electron chi connectivity index (χ3n) is 3.02. The highest BCUT2D eigenvalue weighted by Crippen LogP contribution is 2.23. The van der Waals surface area contributed by atoms with Gasteiger partial charge >= 0.3 is 0 Å². The molecule has 0 spiro atoms. The van der Waals surface area contributed by atoms with E-state index >= 15 is 0 Å². The number of thioether (sulfide) groups is 2. The molecule has 1 unspecified atom stereocenters. The first-order valence-electron chi connectivity index (χ1n) is 6.56. The highest BCUT2D eigenvalue weighted by molar-refractivity contribution is 8.06. The average molecular weight is 296 g/mol. The minimum Gasteiger partial charge on any atom is -0.351 e. The van der Waals surface area contributed by atoms with Crippen molar-refractivity contribution in [1.82, 2.24) is 5.32 Å². The van der Waals surface area contributed by atoms with Crippen molar-refractivity contribution in [3.63, 3.8) is 0 Å². The smallest absolute Gasteiger partial charge is 0.251 e. The van der Waals surface area contributed by atoms with E-state index < -0.39 is 0 Å². The summed E-state index contributed by atoms with van der Waals surface area (Å²) in [7, 11) is 0. The molecule has 0 aliphatic carbocycles. The fourth-order valence-electron chi connectivity index (χ4n) is 1.95. The molecule has 1 atom stereocenters. The summed E-state index contributed by atoms with van der Waals surface area (Å²) in [6.07, 6.45) is 0.859. The first kappa shape index (κ1) is 14.8. The lowest BCUT2D eigenvalue weighted by Crippen LogP contribution is -2.33. The second-order valence-corrected chi connectivity index (χ2v) is 7.07. The number of carbonyl (C=O) groups is 1. The monoisotopic (exact) mass is 296 g/mol. The zero-order chi connectivity index (χ0) is 13.5. The van der Waals surface area contributed by atoms with Gasteiger partial charge in [-0.2, -0.15) is 23.5 Å². The summed E-state index contributed by atoms with van der Waals surface area (Å²) >= 11 is 3.93. The van der Waals surface area contributed by atoms with Gasteiger partial charge in [0, 0.05) is 34.6 Å². The van der Waals surface area contributed by atoms with Crippen LogP contribution in [0.25, 0.3) is 0 Å². The summed E-state index contributed by atoms with van der Waals surface area (Å²) < 4.78 is 0. The number of amides is 1. The molecule has 1 aromatic rings. The summed E-state index contributed by atoms with van der Waals surface area (Å²) in [4.78, 5) is 12.0. The summed E-state index contributed by atoms with van der Waals surface area (Å²) in [5.41, 5.74) is 7.41. The van der Waals surface area contributed by atoms with Crippen LogP contribution in [0.5, 0.6) is 0 Å². The second kappa shape index (κ2) is 7.82. The molecule has 2 rings (SSSR count). The standard InChI is InChI=1S/C14H20N2OS2/c15-6-5-11-1-3-12(4-2-11)14(17)16-9-13-10-18-7-8-19-13/h1-4,13H,5-10,15H2,(H,16,17). The molecule has 1 amide bonds. The van der Waals surface area contributed by atoms with E-state index in [4.69, 9.17) is 5.73 Å². The van der Waals surface area contributed by atoms with Gasteiger partial charge in [-0.1, -0.05) is 12.1 Å². The minimum atomic E-state index is 0.0236. The topological polar surface area (TPSA) is 55.1 Å².